The van der Waals surface area contributed by atoms with Crippen LogP contribution in [-0.4, -0.2) is 29.2 Å². The van der Waals surface area contributed by atoms with E-state index in [1.54, 1.807) is 18.2 Å². The number of rotatable bonds is 13. The van der Waals surface area contributed by atoms with E-state index in [-0.39, 0.29) is 47.1 Å². The SMILES string of the molecule is C=CCCCOc1ccc(C2CCC(C(O)Oc3ccc(C4CCC(C(O)CCC)CC4)c(F)c3F)CC2)cc1F. The summed E-state index contributed by atoms with van der Waals surface area (Å²) in [6.45, 7) is 6.15. The molecule has 4 rings (SSSR count). The number of unbranched alkanes of at least 4 members (excludes halogenated alkanes) is 1. The fraction of sp³-hybridized carbons (Fsp3) is 0.588. The molecule has 226 valence electrons. The third kappa shape index (κ3) is 8.07. The zero-order valence-electron chi connectivity index (χ0n) is 24.2. The Morgan fingerprint density at radius 1 is 0.878 bits per heavy atom. The molecule has 2 unspecified atom stereocenters. The van der Waals surface area contributed by atoms with E-state index in [9.17, 15) is 14.6 Å². The minimum Gasteiger partial charge on any atom is -0.491 e. The molecule has 0 heterocycles. The summed E-state index contributed by atoms with van der Waals surface area (Å²) in [5.41, 5.74) is 1.24. The van der Waals surface area contributed by atoms with Crippen molar-refractivity contribution in [3.63, 3.8) is 0 Å². The van der Waals surface area contributed by atoms with Gasteiger partial charge in [-0.1, -0.05) is 31.6 Å². The van der Waals surface area contributed by atoms with Crippen LogP contribution in [0.25, 0.3) is 0 Å². The van der Waals surface area contributed by atoms with E-state index in [2.05, 4.69) is 6.58 Å². The predicted molar refractivity (Wildman–Crippen MR) is 155 cm³/mol. The fourth-order valence-electron chi connectivity index (χ4n) is 6.56. The van der Waals surface area contributed by atoms with E-state index in [0.717, 1.165) is 56.9 Å². The summed E-state index contributed by atoms with van der Waals surface area (Å²) >= 11 is 0. The van der Waals surface area contributed by atoms with Gasteiger partial charge in [0.1, 0.15) is 0 Å². The summed E-state index contributed by atoms with van der Waals surface area (Å²) < 4.78 is 55.7. The van der Waals surface area contributed by atoms with Crippen molar-refractivity contribution in [3.8, 4) is 11.5 Å². The molecule has 4 nitrogen and oxygen atoms in total. The maximum absolute atomic E-state index is 15.1. The predicted octanol–water partition coefficient (Wildman–Crippen LogP) is 8.55. The number of hydrogen-bond donors (Lipinski definition) is 2. The van der Waals surface area contributed by atoms with Gasteiger partial charge in [-0.3, -0.25) is 0 Å². The Bertz CT molecular complexity index is 1120. The topological polar surface area (TPSA) is 58.9 Å². The highest BCUT2D eigenvalue weighted by Gasteiger charge is 2.32. The molecule has 2 fully saturated rings. The molecule has 0 radical (unpaired) electrons. The largest absolute Gasteiger partial charge is 0.491 e. The normalized spacial score (nSPS) is 24.4. The summed E-state index contributed by atoms with van der Waals surface area (Å²) in [6, 6.07) is 8.09. The van der Waals surface area contributed by atoms with Gasteiger partial charge in [0.15, 0.2) is 29.4 Å². The van der Waals surface area contributed by atoms with E-state index >= 15 is 8.78 Å². The highest BCUT2D eigenvalue weighted by molar-refractivity contribution is 5.34. The first-order valence-corrected chi connectivity index (χ1v) is 15.4. The maximum Gasteiger partial charge on any atom is 0.201 e. The second kappa shape index (κ2) is 15.1. The molecule has 2 aromatic carbocycles. The van der Waals surface area contributed by atoms with Gasteiger partial charge in [0.2, 0.25) is 5.82 Å². The van der Waals surface area contributed by atoms with Gasteiger partial charge in [-0.05, 0) is 118 Å². The minimum atomic E-state index is -1.26. The van der Waals surface area contributed by atoms with E-state index in [0.29, 0.717) is 37.9 Å². The van der Waals surface area contributed by atoms with Gasteiger partial charge in [0, 0.05) is 5.92 Å². The second-order valence-corrected chi connectivity index (χ2v) is 11.8. The molecule has 2 aromatic rings. The summed E-state index contributed by atoms with van der Waals surface area (Å²) in [6.07, 6.45) is 9.26. The number of halogens is 3. The van der Waals surface area contributed by atoms with Crippen LogP contribution in [-0.2, 0) is 0 Å². The average molecular weight is 575 g/mol. The Labute approximate surface area is 242 Å². The number of ether oxygens (including phenoxy) is 2. The van der Waals surface area contributed by atoms with Gasteiger partial charge >= 0.3 is 0 Å². The summed E-state index contributed by atoms with van der Waals surface area (Å²) in [4.78, 5) is 0. The van der Waals surface area contributed by atoms with Gasteiger partial charge in [0.05, 0.1) is 12.7 Å². The smallest absolute Gasteiger partial charge is 0.201 e. The third-order valence-electron chi connectivity index (χ3n) is 9.08. The first kappa shape index (κ1) is 31.4. The molecule has 2 aliphatic rings. The van der Waals surface area contributed by atoms with Crippen LogP contribution >= 0.6 is 0 Å². The van der Waals surface area contributed by atoms with Crippen molar-refractivity contribution in [2.75, 3.05) is 6.61 Å². The van der Waals surface area contributed by atoms with Crippen molar-refractivity contribution in [2.24, 2.45) is 11.8 Å². The van der Waals surface area contributed by atoms with Crippen molar-refractivity contribution in [1.82, 2.24) is 0 Å². The van der Waals surface area contributed by atoms with E-state index in [1.807, 2.05) is 13.0 Å². The zero-order valence-corrected chi connectivity index (χ0v) is 24.2. The molecular weight excluding hydrogens is 529 g/mol. The lowest BCUT2D eigenvalue weighted by Crippen LogP contribution is -2.30. The molecule has 2 atom stereocenters. The fourth-order valence-corrected chi connectivity index (χ4v) is 6.56. The molecular formula is C34H45F3O4. The maximum atomic E-state index is 15.1. The summed E-state index contributed by atoms with van der Waals surface area (Å²) in [5.74, 6) is -2.34. The monoisotopic (exact) mass is 574 g/mol. The van der Waals surface area contributed by atoms with Crippen molar-refractivity contribution in [3.05, 3.63) is 71.6 Å². The first-order valence-electron chi connectivity index (χ1n) is 15.4. The van der Waals surface area contributed by atoms with Crippen molar-refractivity contribution in [2.45, 2.75) is 108 Å². The van der Waals surface area contributed by atoms with E-state index < -0.39 is 17.9 Å². The molecule has 2 aliphatic carbocycles. The number of hydrogen-bond acceptors (Lipinski definition) is 4. The van der Waals surface area contributed by atoms with Crippen molar-refractivity contribution in [1.29, 1.82) is 0 Å². The molecule has 0 aliphatic heterocycles. The number of aliphatic hydroxyl groups excluding tert-OH is 2. The Hall–Kier alpha value is -2.51. The summed E-state index contributed by atoms with van der Waals surface area (Å²) in [5, 5.41) is 21.0. The van der Waals surface area contributed by atoms with Gasteiger partial charge in [-0.2, -0.15) is 4.39 Å². The molecule has 0 amide bonds. The van der Waals surface area contributed by atoms with Crippen molar-refractivity contribution < 1.29 is 32.9 Å². The third-order valence-corrected chi connectivity index (χ3v) is 9.08. The van der Waals surface area contributed by atoms with Gasteiger partial charge < -0.3 is 19.7 Å². The molecule has 2 N–H and O–H groups in total. The summed E-state index contributed by atoms with van der Waals surface area (Å²) in [7, 11) is 0. The number of benzene rings is 2. The lowest BCUT2D eigenvalue weighted by Gasteiger charge is -2.32. The van der Waals surface area contributed by atoms with Crippen LogP contribution in [0.3, 0.4) is 0 Å². The van der Waals surface area contributed by atoms with Gasteiger partial charge in [0.25, 0.3) is 0 Å². The Morgan fingerprint density at radius 3 is 2.20 bits per heavy atom. The van der Waals surface area contributed by atoms with Crippen LogP contribution < -0.4 is 9.47 Å². The second-order valence-electron chi connectivity index (χ2n) is 11.8. The molecule has 0 spiro atoms. The van der Waals surface area contributed by atoms with Gasteiger partial charge in [-0.15, -0.1) is 6.58 Å². The average Bonchev–Trinajstić information content (AvgIpc) is 2.99. The number of aliphatic hydroxyl groups is 2. The number of allylic oxidation sites excluding steroid dienone is 1. The Balaban J connectivity index is 1.28. The quantitative estimate of drug-likeness (QED) is 0.143. The van der Waals surface area contributed by atoms with Crippen LogP contribution in [0.2, 0.25) is 0 Å². The highest BCUT2D eigenvalue weighted by Crippen LogP contribution is 2.42. The standard InChI is InChI=1S/C34H45F3O4/c1-3-5-6-20-40-30-18-16-26(21-28(30)35)22-8-14-25(15-9-22)34(39)41-31-19-17-27(32(36)33(31)37)23-10-12-24(13-11-23)29(38)7-4-2/h3,16-19,21-25,29,34,38-39H,1,4-15,20H2,2H3. The highest BCUT2D eigenvalue weighted by atomic mass is 19.2. The molecule has 41 heavy (non-hydrogen) atoms. The zero-order chi connectivity index (χ0) is 29.4. The minimum absolute atomic E-state index is 0.0912. The molecule has 0 aromatic heterocycles. The van der Waals surface area contributed by atoms with Crippen LogP contribution in [0.5, 0.6) is 11.5 Å². The Morgan fingerprint density at radius 2 is 1.54 bits per heavy atom. The molecule has 7 heteroatoms. The molecule has 0 bridgehead atoms. The lowest BCUT2D eigenvalue weighted by atomic mass is 9.76. The van der Waals surface area contributed by atoms with Crippen LogP contribution in [0.15, 0.2) is 43.0 Å². The lowest BCUT2D eigenvalue weighted by molar-refractivity contribution is -0.0757. The van der Waals surface area contributed by atoms with Crippen LogP contribution in [0, 0.1) is 29.3 Å². The first-order chi connectivity index (χ1) is 19.8. The molecule has 0 saturated heterocycles. The van der Waals surface area contributed by atoms with Gasteiger partial charge in [-0.25, -0.2) is 8.78 Å². The van der Waals surface area contributed by atoms with E-state index in [4.69, 9.17) is 9.47 Å². The van der Waals surface area contributed by atoms with Crippen LogP contribution in [0.1, 0.15) is 107 Å². The Kier molecular flexibility index (Phi) is 11.6. The van der Waals surface area contributed by atoms with E-state index in [1.165, 1.54) is 12.1 Å². The van der Waals surface area contributed by atoms with Crippen LogP contribution in [0.4, 0.5) is 13.2 Å². The molecule has 2 saturated carbocycles. The van der Waals surface area contributed by atoms with Crippen molar-refractivity contribution >= 4 is 0 Å².